The molecule has 0 fully saturated rings. The van der Waals surface area contributed by atoms with Crippen molar-refractivity contribution in [2.75, 3.05) is 0 Å². The van der Waals surface area contributed by atoms with Crippen LogP contribution in [-0.2, 0) is 29.2 Å². The molecule has 0 heterocycles. The van der Waals surface area contributed by atoms with E-state index in [0.717, 1.165) is 12.1 Å². The van der Waals surface area contributed by atoms with Crippen LogP contribution in [0.3, 0.4) is 0 Å². The van der Waals surface area contributed by atoms with Gasteiger partial charge in [0, 0.05) is 6.42 Å². The number of sulfone groups is 2. The van der Waals surface area contributed by atoms with Gasteiger partial charge in [0.1, 0.15) is 6.10 Å². The Balaban J connectivity index is 3.63. The zero-order valence-corrected chi connectivity index (χ0v) is 18.1. The molecule has 6 nitrogen and oxygen atoms in total. The second-order valence-electron chi connectivity index (χ2n) is 7.19. The van der Waals surface area contributed by atoms with Gasteiger partial charge in [-0.15, -0.1) is 0 Å². The molecule has 0 aliphatic carbocycles. The zero-order chi connectivity index (χ0) is 24.5. The molecular weight excluding hydrogens is 478 g/mol. The maximum Gasteiger partial charge on any atom is 0.498 e. The number of hydrogen-bond acceptors (Lipinski definition) is 6. The number of rotatable bonds is 8. The maximum atomic E-state index is 13.0. The maximum absolute atomic E-state index is 13.0. The molecule has 0 spiro atoms. The first kappa shape index (κ1) is 27.2. The normalized spacial score (nSPS) is 15.0. The lowest BCUT2D eigenvalue weighted by Crippen LogP contribution is -2.46. The first-order valence-electron chi connectivity index (χ1n) is 8.65. The monoisotopic (exact) mass is 498 g/mol. The minimum atomic E-state index is -6.86. The molecule has 0 aliphatic heterocycles. The first-order chi connectivity index (χ1) is 13.8. The van der Waals surface area contributed by atoms with Crippen LogP contribution in [0, 0.1) is 5.41 Å². The van der Waals surface area contributed by atoms with Gasteiger partial charge in [-0.2, -0.15) is 26.3 Å². The summed E-state index contributed by atoms with van der Waals surface area (Å²) in [5, 5.41) is 0. The highest BCUT2D eigenvalue weighted by atomic mass is 32.3. The predicted molar refractivity (Wildman–Crippen MR) is 97.7 cm³/mol. The van der Waals surface area contributed by atoms with Gasteiger partial charge in [-0.25, -0.2) is 16.8 Å². The molecule has 0 saturated carbocycles. The van der Waals surface area contributed by atoms with Crippen molar-refractivity contribution in [2.24, 2.45) is 5.41 Å². The second kappa shape index (κ2) is 8.96. The minimum Gasteiger partial charge on any atom is -0.457 e. The predicted octanol–water partition coefficient (Wildman–Crippen LogP) is 4.29. The van der Waals surface area contributed by atoms with E-state index in [4.69, 9.17) is 4.74 Å². The molecule has 0 saturated heterocycles. The summed E-state index contributed by atoms with van der Waals surface area (Å²) >= 11 is 0. The molecule has 1 aromatic carbocycles. The van der Waals surface area contributed by atoms with Crippen LogP contribution >= 0.6 is 0 Å². The molecular formula is C17H20F6O6S2. The molecule has 1 atom stereocenters. The number of carbonyl (C=O) groups excluding carboxylic acids is 1. The van der Waals surface area contributed by atoms with E-state index in [2.05, 4.69) is 0 Å². The molecule has 31 heavy (non-hydrogen) atoms. The topological polar surface area (TPSA) is 94.6 Å². The minimum absolute atomic E-state index is 0.165. The van der Waals surface area contributed by atoms with Gasteiger partial charge in [-0.1, -0.05) is 37.3 Å². The average molecular weight is 498 g/mol. The van der Waals surface area contributed by atoms with Crippen LogP contribution in [0.5, 0.6) is 0 Å². The SMILES string of the molecule is CCC(C)(C)C(=O)OC(CC(S(=O)(=O)C(F)(F)F)S(=O)(=O)C(F)(F)F)c1ccccc1. The van der Waals surface area contributed by atoms with Crippen molar-refractivity contribution in [3.8, 4) is 0 Å². The van der Waals surface area contributed by atoms with E-state index in [0.29, 0.717) is 0 Å². The van der Waals surface area contributed by atoms with E-state index in [1.165, 1.54) is 32.0 Å². The van der Waals surface area contributed by atoms with Gasteiger partial charge < -0.3 is 4.74 Å². The van der Waals surface area contributed by atoms with Crippen molar-refractivity contribution in [1.29, 1.82) is 0 Å². The lowest BCUT2D eigenvalue weighted by Gasteiger charge is -2.28. The molecule has 1 unspecified atom stereocenters. The highest BCUT2D eigenvalue weighted by Gasteiger charge is 2.63. The van der Waals surface area contributed by atoms with E-state index in [1.807, 2.05) is 0 Å². The molecule has 0 aliphatic rings. The zero-order valence-electron chi connectivity index (χ0n) is 16.5. The van der Waals surface area contributed by atoms with Crippen molar-refractivity contribution in [3.05, 3.63) is 35.9 Å². The number of ether oxygens (including phenoxy) is 1. The van der Waals surface area contributed by atoms with Gasteiger partial charge in [0.05, 0.1) is 5.41 Å². The molecule has 0 N–H and O–H groups in total. The lowest BCUT2D eigenvalue weighted by atomic mass is 9.90. The summed E-state index contributed by atoms with van der Waals surface area (Å²) in [7, 11) is -13.7. The molecule has 0 radical (unpaired) electrons. The van der Waals surface area contributed by atoms with Crippen molar-refractivity contribution in [3.63, 3.8) is 0 Å². The molecule has 1 aromatic rings. The number of carbonyl (C=O) groups is 1. The Hall–Kier alpha value is -1.83. The third-order valence-electron chi connectivity index (χ3n) is 4.60. The molecule has 1 rings (SSSR count). The van der Waals surface area contributed by atoms with E-state index in [1.54, 1.807) is 6.92 Å². The number of alkyl halides is 6. The van der Waals surface area contributed by atoms with Crippen LogP contribution in [0.4, 0.5) is 26.3 Å². The summed E-state index contributed by atoms with van der Waals surface area (Å²) in [6.07, 6.45) is -3.66. The summed E-state index contributed by atoms with van der Waals surface area (Å²) in [5.41, 5.74) is -14.0. The van der Waals surface area contributed by atoms with Gasteiger partial charge in [-0.05, 0) is 25.8 Å². The summed E-state index contributed by atoms with van der Waals surface area (Å²) in [6, 6.07) is 6.32. The summed E-state index contributed by atoms with van der Waals surface area (Å²) in [5.74, 6) is -1.06. The summed E-state index contributed by atoms with van der Waals surface area (Å²) in [4.78, 5) is 12.4. The Morgan fingerprint density at radius 2 is 1.32 bits per heavy atom. The Morgan fingerprint density at radius 1 is 0.903 bits per heavy atom. The number of benzene rings is 1. The van der Waals surface area contributed by atoms with Crippen LogP contribution < -0.4 is 0 Å². The number of esters is 1. The Kier molecular flexibility index (Phi) is 7.86. The Morgan fingerprint density at radius 3 is 1.68 bits per heavy atom. The third kappa shape index (κ3) is 5.90. The molecule has 14 heteroatoms. The molecule has 0 amide bonds. The highest BCUT2D eigenvalue weighted by molar-refractivity contribution is 8.09. The third-order valence-corrected chi connectivity index (χ3v) is 9.18. The van der Waals surface area contributed by atoms with Crippen LogP contribution in [-0.4, -0.2) is 38.4 Å². The van der Waals surface area contributed by atoms with Crippen molar-refractivity contribution >= 4 is 25.6 Å². The fraction of sp³-hybridized carbons (Fsp3) is 0.588. The van der Waals surface area contributed by atoms with E-state index in [-0.39, 0.29) is 12.0 Å². The van der Waals surface area contributed by atoms with Gasteiger partial charge in [0.15, 0.2) is 4.58 Å². The van der Waals surface area contributed by atoms with Gasteiger partial charge in [0.2, 0.25) is 0 Å². The van der Waals surface area contributed by atoms with E-state index < -0.39 is 59.2 Å². The lowest BCUT2D eigenvalue weighted by molar-refractivity contribution is -0.160. The van der Waals surface area contributed by atoms with Gasteiger partial charge in [0.25, 0.3) is 19.7 Å². The van der Waals surface area contributed by atoms with Crippen LogP contribution in [0.25, 0.3) is 0 Å². The largest absolute Gasteiger partial charge is 0.498 e. The summed E-state index contributed by atoms with van der Waals surface area (Å²) < 4.78 is 126. The number of hydrogen-bond donors (Lipinski definition) is 0. The number of halogens is 6. The molecule has 178 valence electrons. The standard InChI is InChI=1S/C17H20F6O6S2/c1-4-15(2,3)14(24)29-12(11-8-6-5-7-9-11)10-13(30(25,26)16(18,19)20)31(27,28)17(21,22)23/h5-9,12-13H,4,10H2,1-3H3. The van der Waals surface area contributed by atoms with Crippen LogP contribution in [0.2, 0.25) is 0 Å². The summed E-state index contributed by atoms with van der Waals surface area (Å²) in [6.45, 7) is 4.32. The van der Waals surface area contributed by atoms with Crippen molar-refractivity contribution in [1.82, 2.24) is 0 Å². The fourth-order valence-corrected chi connectivity index (χ4v) is 5.69. The van der Waals surface area contributed by atoms with E-state index >= 15 is 0 Å². The Labute approximate surface area is 175 Å². The van der Waals surface area contributed by atoms with Crippen molar-refractivity contribution in [2.45, 2.75) is 55.3 Å². The van der Waals surface area contributed by atoms with Crippen LogP contribution in [0.1, 0.15) is 45.3 Å². The molecule has 0 aromatic heterocycles. The Bertz CT molecular complexity index is 938. The first-order valence-corrected chi connectivity index (χ1v) is 11.7. The second-order valence-corrected chi connectivity index (χ2v) is 11.7. The van der Waals surface area contributed by atoms with Crippen LogP contribution in [0.15, 0.2) is 30.3 Å². The smallest absolute Gasteiger partial charge is 0.457 e. The van der Waals surface area contributed by atoms with Gasteiger partial charge >= 0.3 is 17.0 Å². The van der Waals surface area contributed by atoms with E-state index in [9.17, 15) is 48.0 Å². The highest BCUT2D eigenvalue weighted by Crippen LogP contribution is 2.41. The van der Waals surface area contributed by atoms with Gasteiger partial charge in [-0.3, -0.25) is 4.79 Å². The quantitative estimate of drug-likeness (QED) is 0.392. The average Bonchev–Trinajstić information content (AvgIpc) is 2.63. The van der Waals surface area contributed by atoms with Crippen molar-refractivity contribution < 1.29 is 52.7 Å². The molecule has 0 bridgehead atoms. The fourth-order valence-electron chi connectivity index (χ4n) is 2.25.